The van der Waals surface area contributed by atoms with Crippen LogP contribution in [0.3, 0.4) is 0 Å². The minimum Gasteiger partial charge on any atom is -0.495 e. The number of hydrogen-bond acceptors (Lipinski definition) is 6. The maximum atomic E-state index is 13.3. The lowest BCUT2D eigenvalue weighted by Gasteiger charge is -2.29. The molecule has 0 aliphatic carbocycles. The van der Waals surface area contributed by atoms with Crippen molar-refractivity contribution in [3.05, 3.63) is 89.5 Å². The second kappa shape index (κ2) is 10.2. The number of methoxy groups -OCH3 is 2. The lowest BCUT2D eigenvalue weighted by Crippen LogP contribution is -2.54. The van der Waals surface area contributed by atoms with Crippen LogP contribution in [0.2, 0.25) is 0 Å². The van der Waals surface area contributed by atoms with E-state index >= 15 is 0 Å². The fourth-order valence-corrected chi connectivity index (χ4v) is 3.76. The highest BCUT2D eigenvalue weighted by Crippen LogP contribution is 2.32. The Morgan fingerprint density at radius 2 is 1.59 bits per heavy atom. The van der Waals surface area contributed by atoms with Gasteiger partial charge in [0.25, 0.3) is 11.8 Å². The van der Waals surface area contributed by atoms with Crippen molar-refractivity contribution in [2.75, 3.05) is 19.1 Å². The Hall–Kier alpha value is -4.17. The predicted octanol–water partition coefficient (Wildman–Crippen LogP) is 4.11. The zero-order valence-corrected chi connectivity index (χ0v) is 19.4. The zero-order valence-electron chi connectivity index (χ0n) is 18.6. The summed E-state index contributed by atoms with van der Waals surface area (Å²) in [5.74, 6) is 0.343. The summed E-state index contributed by atoms with van der Waals surface area (Å²) in [4.78, 5) is 27.3. The molecule has 172 valence electrons. The van der Waals surface area contributed by atoms with E-state index in [9.17, 15) is 9.59 Å². The number of rotatable bonds is 7. The molecule has 1 fully saturated rings. The van der Waals surface area contributed by atoms with Gasteiger partial charge >= 0.3 is 0 Å². The van der Waals surface area contributed by atoms with Gasteiger partial charge in [-0.1, -0.05) is 48.5 Å². The molecule has 0 atom stereocenters. The summed E-state index contributed by atoms with van der Waals surface area (Å²) in [5, 5.41) is 2.57. The summed E-state index contributed by atoms with van der Waals surface area (Å²) in [6.45, 7) is 0.340. The highest BCUT2D eigenvalue weighted by molar-refractivity contribution is 7.80. The van der Waals surface area contributed by atoms with Crippen LogP contribution in [0.5, 0.6) is 17.2 Å². The molecule has 3 aromatic rings. The number of anilines is 1. The van der Waals surface area contributed by atoms with Crippen LogP contribution < -0.4 is 24.4 Å². The highest BCUT2D eigenvalue weighted by Gasteiger charge is 2.35. The lowest BCUT2D eigenvalue weighted by atomic mass is 10.1. The molecule has 8 heteroatoms. The second-order valence-electron chi connectivity index (χ2n) is 7.31. The summed E-state index contributed by atoms with van der Waals surface area (Å²) in [5.41, 5.74) is 1.96. The van der Waals surface area contributed by atoms with Crippen LogP contribution in [0.25, 0.3) is 6.08 Å². The van der Waals surface area contributed by atoms with Gasteiger partial charge in [-0.2, -0.15) is 0 Å². The van der Waals surface area contributed by atoms with Gasteiger partial charge in [0, 0.05) is 0 Å². The van der Waals surface area contributed by atoms with Crippen molar-refractivity contribution < 1.29 is 23.8 Å². The third kappa shape index (κ3) is 4.77. The standard InChI is InChI=1S/C26H22N2O5S/c1-31-21-11-7-6-10-20(21)28-25(30)19(24(29)27-26(28)34)14-18-12-13-22(32-2)23(15-18)33-16-17-8-4-3-5-9-17/h3-15H,16H2,1-2H3,(H,27,29,34)/b19-14+. The van der Waals surface area contributed by atoms with Gasteiger partial charge in [-0.05, 0) is 53.7 Å². The monoisotopic (exact) mass is 474 g/mol. The topological polar surface area (TPSA) is 77.1 Å². The first-order valence-electron chi connectivity index (χ1n) is 10.4. The van der Waals surface area contributed by atoms with E-state index in [2.05, 4.69) is 5.32 Å². The quantitative estimate of drug-likeness (QED) is 0.316. The molecule has 0 radical (unpaired) electrons. The highest BCUT2D eigenvalue weighted by atomic mass is 32.1. The smallest absolute Gasteiger partial charge is 0.270 e. The number of amides is 2. The average Bonchev–Trinajstić information content (AvgIpc) is 2.86. The molecule has 0 aromatic heterocycles. The zero-order chi connectivity index (χ0) is 24.1. The minimum absolute atomic E-state index is 0.0155. The number of thiocarbonyl (C=S) groups is 1. The molecule has 1 saturated heterocycles. The van der Waals surface area contributed by atoms with Gasteiger partial charge in [0.15, 0.2) is 16.6 Å². The van der Waals surface area contributed by atoms with Gasteiger partial charge in [0.1, 0.15) is 17.9 Å². The molecule has 4 rings (SSSR count). The fraction of sp³-hybridized carbons (Fsp3) is 0.115. The molecule has 34 heavy (non-hydrogen) atoms. The van der Waals surface area contributed by atoms with Crippen LogP contribution in [0.15, 0.2) is 78.4 Å². The van der Waals surface area contributed by atoms with E-state index in [1.165, 1.54) is 18.1 Å². The first kappa shape index (κ1) is 23.0. The Kier molecular flexibility index (Phi) is 6.89. The molecule has 0 bridgehead atoms. The third-order valence-corrected chi connectivity index (χ3v) is 5.45. The Morgan fingerprint density at radius 3 is 2.32 bits per heavy atom. The Balaban J connectivity index is 1.66. The summed E-state index contributed by atoms with van der Waals surface area (Å²) in [7, 11) is 3.05. The van der Waals surface area contributed by atoms with E-state index in [1.54, 1.807) is 49.6 Å². The van der Waals surface area contributed by atoms with Gasteiger partial charge in [-0.25, -0.2) is 4.90 Å². The average molecular weight is 475 g/mol. The van der Waals surface area contributed by atoms with Crippen LogP contribution in [0.4, 0.5) is 5.69 Å². The van der Waals surface area contributed by atoms with E-state index in [1.807, 2.05) is 30.3 Å². The number of hydrogen-bond donors (Lipinski definition) is 1. The van der Waals surface area contributed by atoms with Crippen molar-refractivity contribution in [3.8, 4) is 17.2 Å². The molecular formula is C26H22N2O5S. The van der Waals surface area contributed by atoms with Gasteiger partial charge in [-0.15, -0.1) is 0 Å². The molecule has 7 nitrogen and oxygen atoms in total. The maximum absolute atomic E-state index is 13.3. The van der Waals surface area contributed by atoms with Gasteiger partial charge in [-0.3, -0.25) is 14.9 Å². The Bertz CT molecular complexity index is 1270. The molecule has 1 N–H and O–H groups in total. The molecule has 0 saturated carbocycles. The molecule has 3 aromatic carbocycles. The Labute approximate surface area is 202 Å². The third-order valence-electron chi connectivity index (χ3n) is 5.16. The number of benzene rings is 3. The number of carbonyl (C=O) groups excluding carboxylic acids is 2. The maximum Gasteiger partial charge on any atom is 0.270 e. The molecule has 1 heterocycles. The molecule has 0 spiro atoms. The van der Waals surface area contributed by atoms with E-state index < -0.39 is 11.8 Å². The van der Waals surface area contributed by atoms with Gasteiger partial charge in [0.2, 0.25) is 0 Å². The minimum atomic E-state index is -0.580. The summed E-state index contributed by atoms with van der Waals surface area (Å²) < 4.78 is 16.7. The van der Waals surface area contributed by atoms with Crippen molar-refractivity contribution >= 4 is 40.9 Å². The van der Waals surface area contributed by atoms with E-state index in [-0.39, 0.29) is 10.7 Å². The van der Waals surface area contributed by atoms with E-state index in [4.69, 9.17) is 26.4 Å². The number of carbonyl (C=O) groups is 2. The van der Waals surface area contributed by atoms with Crippen molar-refractivity contribution in [2.24, 2.45) is 0 Å². The van der Waals surface area contributed by atoms with Crippen molar-refractivity contribution in [3.63, 3.8) is 0 Å². The molecule has 2 amide bonds. The van der Waals surface area contributed by atoms with Crippen molar-refractivity contribution in [1.82, 2.24) is 5.32 Å². The number of nitrogens with one attached hydrogen (secondary N) is 1. The van der Waals surface area contributed by atoms with Crippen LogP contribution in [0.1, 0.15) is 11.1 Å². The molecule has 1 aliphatic heterocycles. The fourth-order valence-electron chi connectivity index (χ4n) is 3.49. The van der Waals surface area contributed by atoms with Gasteiger partial charge in [0.05, 0.1) is 19.9 Å². The van der Waals surface area contributed by atoms with Crippen LogP contribution >= 0.6 is 12.2 Å². The van der Waals surface area contributed by atoms with Crippen molar-refractivity contribution in [2.45, 2.75) is 6.61 Å². The van der Waals surface area contributed by atoms with Gasteiger partial charge < -0.3 is 14.2 Å². The number of para-hydroxylation sites is 2. The first-order chi connectivity index (χ1) is 16.5. The number of nitrogens with zero attached hydrogens (tertiary/aromatic N) is 1. The van der Waals surface area contributed by atoms with Crippen LogP contribution in [-0.4, -0.2) is 31.1 Å². The summed E-state index contributed by atoms with van der Waals surface area (Å²) in [6, 6.07) is 21.8. The SMILES string of the molecule is COc1ccc(/C=C2\C(=O)NC(=S)N(c3ccccc3OC)C2=O)cc1OCc1ccccc1. The van der Waals surface area contributed by atoms with E-state index in [0.29, 0.717) is 35.1 Å². The lowest BCUT2D eigenvalue weighted by molar-refractivity contribution is -0.122. The van der Waals surface area contributed by atoms with Crippen LogP contribution in [0, 0.1) is 0 Å². The second-order valence-corrected chi connectivity index (χ2v) is 7.70. The summed E-state index contributed by atoms with van der Waals surface area (Å²) >= 11 is 5.28. The summed E-state index contributed by atoms with van der Waals surface area (Å²) in [6.07, 6.45) is 1.50. The largest absolute Gasteiger partial charge is 0.495 e. The van der Waals surface area contributed by atoms with Crippen LogP contribution in [-0.2, 0) is 16.2 Å². The van der Waals surface area contributed by atoms with E-state index in [0.717, 1.165) is 5.56 Å². The first-order valence-corrected chi connectivity index (χ1v) is 10.8. The normalized spacial score (nSPS) is 14.7. The van der Waals surface area contributed by atoms with Crippen molar-refractivity contribution in [1.29, 1.82) is 0 Å². The number of ether oxygens (including phenoxy) is 3. The molecule has 0 unspecified atom stereocenters. The molecular weight excluding hydrogens is 452 g/mol. The Morgan fingerprint density at radius 1 is 0.882 bits per heavy atom. The molecule has 1 aliphatic rings. The predicted molar refractivity (Wildman–Crippen MR) is 133 cm³/mol.